The normalized spacial score (nSPS) is 11.8. The summed E-state index contributed by atoms with van der Waals surface area (Å²) in [5, 5.41) is 3.45. The molecule has 5 nitrogen and oxygen atoms in total. The van der Waals surface area contributed by atoms with Crippen LogP contribution in [0.4, 0.5) is 4.39 Å². The van der Waals surface area contributed by atoms with Gasteiger partial charge in [0.05, 0.1) is 0 Å². The number of carbonyl (C=O) groups is 2. The molecule has 1 atom stereocenters. The first kappa shape index (κ1) is 22.7. The average molecular weight is 421 g/mol. The van der Waals surface area contributed by atoms with Gasteiger partial charge in [0.1, 0.15) is 17.6 Å². The molecule has 0 aliphatic rings. The molecular formula is C22H26ClFN2O3. The van der Waals surface area contributed by atoms with E-state index in [0.29, 0.717) is 23.2 Å². The Morgan fingerprint density at radius 1 is 1.07 bits per heavy atom. The van der Waals surface area contributed by atoms with Crippen LogP contribution >= 0.6 is 11.6 Å². The van der Waals surface area contributed by atoms with E-state index in [2.05, 4.69) is 5.32 Å². The molecule has 1 N–H and O–H groups in total. The number of hydrogen-bond acceptors (Lipinski definition) is 3. The molecular weight excluding hydrogens is 395 g/mol. The van der Waals surface area contributed by atoms with Crippen molar-refractivity contribution in [2.24, 2.45) is 5.92 Å². The molecule has 0 saturated heterocycles. The molecule has 2 aromatic rings. The molecule has 1 unspecified atom stereocenters. The van der Waals surface area contributed by atoms with E-state index in [1.54, 1.807) is 19.1 Å². The third-order valence-corrected chi connectivity index (χ3v) is 4.55. The molecule has 2 amide bonds. The molecule has 0 aliphatic carbocycles. The van der Waals surface area contributed by atoms with Gasteiger partial charge in [-0.15, -0.1) is 0 Å². The third-order valence-electron chi connectivity index (χ3n) is 4.29. The van der Waals surface area contributed by atoms with Crippen molar-refractivity contribution in [2.45, 2.75) is 33.4 Å². The molecule has 2 aromatic carbocycles. The molecule has 0 radical (unpaired) electrons. The molecule has 156 valence electrons. The van der Waals surface area contributed by atoms with Gasteiger partial charge in [0.15, 0.2) is 6.61 Å². The van der Waals surface area contributed by atoms with E-state index in [4.69, 9.17) is 16.3 Å². The van der Waals surface area contributed by atoms with Gasteiger partial charge in [-0.2, -0.15) is 0 Å². The van der Waals surface area contributed by atoms with Crippen molar-refractivity contribution in [3.05, 3.63) is 64.9 Å². The summed E-state index contributed by atoms with van der Waals surface area (Å²) in [6.45, 7) is 6.18. The van der Waals surface area contributed by atoms with Crippen molar-refractivity contribution >= 4 is 23.4 Å². The molecule has 2 rings (SSSR count). The highest BCUT2D eigenvalue weighted by Crippen LogP contribution is 2.15. The summed E-state index contributed by atoms with van der Waals surface area (Å²) in [6, 6.07) is 11.8. The Bertz CT molecular complexity index is 810. The SMILES string of the molecule is CC(C)CNC(=O)C(C)N(Cc1ccc(Cl)cc1)C(=O)COc1ccc(F)cc1. The summed E-state index contributed by atoms with van der Waals surface area (Å²) in [5.74, 6) is -0.292. The second kappa shape index (κ2) is 10.8. The number of hydrogen-bond donors (Lipinski definition) is 1. The van der Waals surface area contributed by atoms with E-state index >= 15 is 0 Å². The molecule has 0 aromatic heterocycles. The Kier molecular flexibility index (Phi) is 8.46. The summed E-state index contributed by atoms with van der Waals surface area (Å²) in [5.41, 5.74) is 0.841. The summed E-state index contributed by atoms with van der Waals surface area (Å²) >= 11 is 5.93. The highest BCUT2D eigenvalue weighted by atomic mass is 35.5. The zero-order chi connectivity index (χ0) is 21.4. The Balaban J connectivity index is 2.10. The Morgan fingerprint density at radius 2 is 1.69 bits per heavy atom. The fourth-order valence-corrected chi connectivity index (χ4v) is 2.71. The van der Waals surface area contributed by atoms with Crippen LogP contribution in [0.25, 0.3) is 0 Å². The number of nitrogens with zero attached hydrogens (tertiary/aromatic N) is 1. The van der Waals surface area contributed by atoms with E-state index in [-0.39, 0.29) is 30.8 Å². The van der Waals surface area contributed by atoms with Gasteiger partial charge in [0, 0.05) is 18.1 Å². The van der Waals surface area contributed by atoms with Gasteiger partial charge in [-0.05, 0) is 54.8 Å². The third kappa shape index (κ3) is 7.38. The minimum absolute atomic E-state index is 0.234. The molecule has 0 aliphatic heterocycles. The summed E-state index contributed by atoms with van der Waals surface area (Å²) in [6.07, 6.45) is 0. The molecule has 7 heteroatoms. The lowest BCUT2D eigenvalue weighted by Gasteiger charge is -2.29. The summed E-state index contributed by atoms with van der Waals surface area (Å²) in [4.78, 5) is 26.9. The molecule has 0 bridgehead atoms. The Morgan fingerprint density at radius 3 is 2.28 bits per heavy atom. The number of carbonyl (C=O) groups excluding carboxylic acids is 2. The summed E-state index contributed by atoms with van der Waals surface area (Å²) < 4.78 is 18.5. The lowest BCUT2D eigenvalue weighted by Crippen LogP contribution is -2.49. The van der Waals surface area contributed by atoms with Crippen molar-refractivity contribution in [1.29, 1.82) is 0 Å². The van der Waals surface area contributed by atoms with Crippen LogP contribution in [-0.2, 0) is 16.1 Å². The Hall–Kier alpha value is -2.60. The second-order valence-corrected chi connectivity index (χ2v) is 7.64. The van der Waals surface area contributed by atoms with Crippen LogP contribution in [0.3, 0.4) is 0 Å². The zero-order valence-corrected chi connectivity index (χ0v) is 17.6. The maximum Gasteiger partial charge on any atom is 0.261 e. The van der Waals surface area contributed by atoms with Gasteiger partial charge in [-0.1, -0.05) is 37.6 Å². The van der Waals surface area contributed by atoms with Crippen molar-refractivity contribution in [3.8, 4) is 5.75 Å². The zero-order valence-electron chi connectivity index (χ0n) is 16.8. The fourth-order valence-electron chi connectivity index (χ4n) is 2.58. The monoisotopic (exact) mass is 420 g/mol. The van der Waals surface area contributed by atoms with Gasteiger partial charge >= 0.3 is 0 Å². The van der Waals surface area contributed by atoms with Gasteiger partial charge in [0.25, 0.3) is 5.91 Å². The summed E-state index contributed by atoms with van der Waals surface area (Å²) in [7, 11) is 0. The maximum absolute atomic E-state index is 13.0. The van der Waals surface area contributed by atoms with Crippen LogP contribution in [-0.4, -0.2) is 35.9 Å². The standard InChI is InChI=1S/C22H26ClFN2O3/c1-15(2)12-25-22(28)16(3)26(13-17-4-6-18(23)7-5-17)21(27)14-29-20-10-8-19(24)9-11-20/h4-11,15-16H,12-14H2,1-3H3,(H,25,28). The minimum atomic E-state index is -0.686. The smallest absolute Gasteiger partial charge is 0.261 e. The van der Waals surface area contributed by atoms with Crippen LogP contribution in [0.2, 0.25) is 5.02 Å². The molecule has 0 heterocycles. The molecule has 29 heavy (non-hydrogen) atoms. The largest absolute Gasteiger partial charge is 0.484 e. The number of amides is 2. The van der Waals surface area contributed by atoms with E-state index in [1.165, 1.54) is 29.2 Å². The van der Waals surface area contributed by atoms with Crippen LogP contribution in [0.15, 0.2) is 48.5 Å². The number of nitrogens with one attached hydrogen (secondary N) is 1. The number of halogens is 2. The minimum Gasteiger partial charge on any atom is -0.484 e. The number of benzene rings is 2. The highest BCUT2D eigenvalue weighted by molar-refractivity contribution is 6.30. The first-order valence-electron chi connectivity index (χ1n) is 9.46. The molecule has 0 spiro atoms. The first-order valence-corrected chi connectivity index (χ1v) is 9.84. The predicted octanol–water partition coefficient (Wildman–Crippen LogP) is 4.05. The van der Waals surface area contributed by atoms with Crippen LogP contribution < -0.4 is 10.1 Å². The number of rotatable bonds is 9. The van der Waals surface area contributed by atoms with E-state index in [1.807, 2.05) is 26.0 Å². The van der Waals surface area contributed by atoms with Crippen molar-refractivity contribution in [2.75, 3.05) is 13.2 Å². The first-order chi connectivity index (χ1) is 13.8. The average Bonchev–Trinajstić information content (AvgIpc) is 2.70. The molecule has 0 saturated carbocycles. The van der Waals surface area contributed by atoms with Crippen molar-refractivity contribution in [1.82, 2.24) is 10.2 Å². The van der Waals surface area contributed by atoms with E-state index in [9.17, 15) is 14.0 Å². The number of ether oxygens (including phenoxy) is 1. The van der Waals surface area contributed by atoms with Crippen LogP contribution in [0.5, 0.6) is 5.75 Å². The lowest BCUT2D eigenvalue weighted by molar-refractivity contribution is -0.142. The van der Waals surface area contributed by atoms with Gasteiger partial charge < -0.3 is 15.0 Å². The van der Waals surface area contributed by atoms with E-state index in [0.717, 1.165) is 5.56 Å². The molecule has 0 fully saturated rings. The van der Waals surface area contributed by atoms with Gasteiger partial charge in [-0.3, -0.25) is 9.59 Å². The highest BCUT2D eigenvalue weighted by Gasteiger charge is 2.26. The topological polar surface area (TPSA) is 58.6 Å². The quantitative estimate of drug-likeness (QED) is 0.665. The second-order valence-electron chi connectivity index (χ2n) is 7.21. The van der Waals surface area contributed by atoms with Crippen molar-refractivity contribution in [3.63, 3.8) is 0 Å². The Labute approximate surface area is 175 Å². The lowest BCUT2D eigenvalue weighted by atomic mass is 10.1. The van der Waals surface area contributed by atoms with Gasteiger partial charge in [-0.25, -0.2) is 4.39 Å². The van der Waals surface area contributed by atoms with Gasteiger partial charge in [0.2, 0.25) is 5.91 Å². The van der Waals surface area contributed by atoms with Crippen molar-refractivity contribution < 1.29 is 18.7 Å². The van der Waals surface area contributed by atoms with Crippen LogP contribution in [0.1, 0.15) is 26.3 Å². The van der Waals surface area contributed by atoms with E-state index < -0.39 is 6.04 Å². The fraction of sp³-hybridized carbons (Fsp3) is 0.364. The maximum atomic E-state index is 13.0. The van der Waals surface area contributed by atoms with Crippen LogP contribution in [0, 0.1) is 11.7 Å². The predicted molar refractivity (Wildman–Crippen MR) is 111 cm³/mol.